The minimum atomic E-state index is -1.04. The number of carbonyl (C=O) groups excluding carboxylic acids is 1. The SMILES string of the molecule is CC(C)C[C@@H](C(O)OC(C)(C)C)N(C)C(=O)Cl. The fourth-order valence-corrected chi connectivity index (χ4v) is 1.65. The van der Waals surface area contributed by atoms with Crippen molar-refractivity contribution >= 4 is 17.0 Å². The second-order valence-corrected chi connectivity index (χ2v) is 6.00. The van der Waals surface area contributed by atoms with Crippen molar-refractivity contribution in [3.8, 4) is 0 Å². The summed E-state index contributed by atoms with van der Waals surface area (Å²) in [6, 6.07) is -0.431. The van der Waals surface area contributed by atoms with Crippen molar-refractivity contribution in [1.82, 2.24) is 4.90 Å². The predicted molar refractivity (Wildman–Crippen MR) is 69.1 cm³/mol. The van der Waals surface area contributed by atoms with Gasteiger partial charge in [0.1, 0.15) is 0 Å². The van der Waals surface area contributed by atoms with E-state index in [-0.39, 0.29) is 0 Å². The summed E-state index contributed by atoms with van der Waals surface area (Å²) in [7, 11) is 1.57. The molecule has 0 bridgehead atoms. The first-order valence-electron chi connectivity index (χ1n) is 5.82. The summed E-state index contributed by atoms with van der Waals surface area (Å²) in [6.45, 7) is 9.59. The molecule has 4 nitrogen and oxygen atoms in total. The van der Waals surface area contributed by atoms with Crippen LogP contribution in [0.4, 0.5) is 4.79 Å². The van der Waals surface area contributed by atoms with Crippen LogP contribution in [0, 0.1) is 5.92 Å². The first-order valence-corrected chi connectivity index (χ1v) is 6.20. The summed E-state index contributed by atoms with van der Waals surface area (Å²) in [5.41, 5.74) is -0.467. The van der Waals surface area contributed by atoms with Gasteiger partial charge in [-0.25, -0.2) is 0 Å². The average Bonchev–Trinajstić information content (AvgIpc) is 2.09. The predicted octanol–water partition coefficient (Wildman–Crippen LogP) is 2.83. The number of ether oxygens (including phenoxy) is 1. The maximum absolute atomic E-state index is 11.2. The van der Waals surface area contributed by atoms with Gasteiger partial charge >= 0.3 is 5.37 Å². The second kappa shape index (κ2) is 6.57. The zero-order valence-corrected chi connectivity index (χ0v) is 12.3. The van der Waals surface area contributed by atoms with Crippen LogP contribution in [0.25, 0.3) is 0 Å². The molecule has 0 aliphatic rings. The minimum Gasteiger partial charge on any atom is -0.366 e. The topological polar surface area (TPSA) is 49.8 Å². The lowest BCUT2D eigenvalue weighted by Gasteiger charge is -2.35. The van der Waals surface area contributed by atoms with Crippen LogP contribution in [0.15, 0.2) is 0 Å². The molecule has 0 heterocycles. The number of aliphatic hydroxyl groups excluding tert-OH is 1. The van der Waals surface area contributed by atoms with Crippen molar-refractivity contribution in [2.75, 3.05) is 7.05 Å². The van der Waals surface area contributed by atoms with Crippen LogP contribution in [-0.2, 0) is 4.74 Å². The molecule has 0 aromatic heterocycles. The van der Waals surface area contributed by atoms with Gasteiger partial charge in [0.05, 0.1) is 11.6 Å². The van der Waals surface area contributed by atoms with Gasteiger partial charge in [-0.3, -0.25) is 4.79 Å². The third-order valence-electron chi connectivity index (χ3n) is 2.29. The number of rotatable bonds is 5. The van der Waals surface area contributed by atoms with E-state index in [4.69, 9.17) is 16.3 Å². The fraction of sp³-hybridized carbons (Fsp3) is 0.917. The van der Waals surface area contributed by atoms with Gasteiger partial charge in [-0.15, -0.1) is 0 Å². The summed E-state index contributed by atoms with van der Waals surface area (Å²) in [5, 5.41) is 9.45. The Morgan fingerprint density at radius 1 is 1.41 bits per heavy atom. The smallest absolute Gasteiger partial charge is 0.316 e. The van der Waals surface area contributed by atoms with Gasteiger partial charge in [0.2, 0.25) is 0 Å². The van der Waals surface area contributed by atoms with Crippen molar-refractivity contribution in [2.24, 2.45) is 5.92 Å². The Morgan fingerprint density at radius 3 is 2.18 bits per heavy atom. The maximum atomic E-state index is 11.2. The Bertz CT molecular complexity index is 251. The quantitative estimate of drug-likeness (QED) is 0.472. The van der Waals surface area contributed by atoms with Crippen molar-refractivity contribution in [3.05, 3.63) is 0 Å². The lowest BCUT2D eigenvalue weighted by molar-refractivity contribution is -0.192. The highest BCUT2D eigenvalue weighted by Gasteiger charge is 2.30. The highest BCUT2D eigenvalue weighted by Crippen LogP contribution is 2.20. The molecule has 0 spiro atoms. The van der Waals surface area contributed by atoms with E-state index in [1.165, 1.54) is 4.90 Å². The Kier molecular flexibility index (Phi) is 6.45. The van der Waals surface area contributed by atoms with E-state index in [1.54, 1.807) is 7.05 Å². The number of halogens is 1. The van der Waals surface area contributed by atoms with Crippen LogP contribution in [-0.4, -0.2) is 40.4 Å². The molecule has 0 saturated heterocycles. The fourth-order valence-electron chi connectivity index (χ4n) is 1.52. The number of aliphatic hydroxyl groups is 1. The van der Waals surface area contributed by atoms with Gasteiger partial charge in [-0.2, -0.15) is 0 Å². The van der Waals surface area contributed by atoms with E-state index in [1.807, 2.05) is 34.6 Å². The van der Waals surface area contributed by atoms with Crippen LogP contribution < -0.4 is 0 Å². The maximum Gasteiger partial charge on any atom is 0.316 e. The molecule has 0 aromatic carbocycles. The van der Waals surface area contributed by atoms with Gasteiger partial charge in [-0.05, 0) is 44.7 Å². The molecule has 1 amide bonds. The zero-order valence-electron chi connectivity index (χ0n) is 11.5. The van der Waals surface area contributed by atoms with Crippen LogP contribution in [0.1, 0.15) is 41.0 Å². The van der Waals surface area contributed by atoms with Gasteiger partial charge in [0.15, 0.2) is 6.29 Å². The molecule has 0 saturated carbocycles. The molecule has 102 valence electrons. The molecule has 0 aliphatic heterocycles. The van der Waals surface area contributed by atoms with Crippen LogP contribution in [0.3, 0.4) is 0 Å². The highest BCUT2D eigenvalue weighted by atomic mass is 35.5. The number of hydrogen-bond donors (Lipinski definition) is 1. The molecule has 0 aliphatic carbocycles. The van der Waals surface area contributed by atoms with Gasteiger partial charge in [-0.1, -0.05) is 13.8 Å². The Balaban J connectivity index is 4.73. The summed E-state index contributed by atoms with van der Waals surface area (Å²) >= 11 is 5.44. The summed E-state index contributed by atoms with van der Waals surface area (Å²) < 4.78 is 5.48. The minimum absolute atomic E-state index is 0.330. The van der Waals surface area contributed by atoms with E-state index >= 15 is 0 Å². The van der Waals surface area contributed by atoms with Crippen molar-refractivity contribution < 1.29 is 14.6 Å². The molecule has 2 atom stereocenters. The van der Waals surface area contributed by atoms with Crippen LogP contribution in [0.2, 0.25) is 0 Å². The first-order chi connectivity index (χ1) is 7.54. The van der Waals surface area contributed by atoms with Crippen molar-refractivity contribution in [1.29, 1.82) is 0 Å². The van der Waals surface area contributed by atoms with Crippen LogP contribution >= 0.6 is 11.6 Å². The second-order valence-electron chi connectivity index (χ2n) is 5.68. The number of hydrogen-bond acceptors (Lipinski definition) is 3. The van der Waals surface area contributed by atoms with Crippen molar-refractivity contribution in [3.63, 3.8) is 0 Å². The lowest BCUT2D eigenvalue weighted by atomic mass is 10.0. The molecular formula is C12H24ClNO3. The summed E-state index contributed by atoms with van der Waals surface area (Å²) in [4.78, 5) is 12.5. The molecule has 0 rings (SSSR count). The van der Waals surface area contributed by atoms with Crippen LogP contribution in [0.5, 0.6) is 0 Å². The largest absolute Gasteiger partial charge is 0.366 e. The first kappa shape index (κ1) is 16.7. The van der Waals surface area contributed by atoms with E-state index in [2.05, 4.69) is 0 Å². The van der Waals surface area contributed by atoms with E-state index in [0.717, 1.165) is 0 Å². The summed E-state index contributed by atoms with van der Waals surface area (Å²) in [5.74, 6) is 0.330. The van der Waals surface area contributed by atoms with E-state index < -0.39 is 23.3 Å². The number of likely N-dealkylation sites (N-methyl/N-ethyl adjacent to an activating group) is 1. The van der Waals surface area contributed by atoms with E-state index in [9.17, 15) is 9.90 Å². The Morgan fingerprint density at radius 2 is 1.88 bits per heavy atom. The molecule has 1 N–H and O–H groups in total. The van der Waals surface area contributed by atoms with E-state index in [0.29, 0.717) is 12.3 Å². The molecule has 5 heteroatoms. The molecule has 1 unspecified atom stereocenters. The van der Waals surface area contributed by atoms with Gasteiger partial charge in [0, 0.05) is 7.05 Å². The lowest BCUT2D eigenvalue weighted by Crippen LogP contribution is -2.47. The molecule has 17 heavy (non-hydrogen) atoms. The Hall–Kier alpha value is -0.320. The third-order valence-corrected chi connectivity index (χ3v) is 2.56. The van der Waals surface area contributed by atoms with Gasteiger partial charge in [0.25, 0.3) is 0 Å². The standard InChI is InChI=1S/C12H24ClNO3/c1-8(2)7-9(14(6)11(13)16)10(15)17-12(3,4)5/h8-10,15H,7H2,1-6H3/t9-,10?/m0/s1. The average molecular weight is 266 g/mol. The highest BCUT2D eigenvalue weighted by molar-refractivity contribution is 6.62. The number of nitrogens with zero attached hydrogens (tertiary/aromatic N) is 1. The van der Waals surface area contributed by atoms with Crippen molar-refractivity contribution in [2.45, 2.75) is 59.0 Å². The molecule has 0 aromatic rings. The Labute approximate surface area is 109 Å². The molecular weight excluding hydrogens is 242 g/mol. The molecule has 0 fully saturated rings. The molecule has 0 radical (unpaired) electrons. The normalized spacial score (nSPS) is 15.8. The zero-order chi connectivity index (χ0) is 13.8. The third kappa shape index (κ3) is 6.86. The van der Waals surface area contributed by atoms with Gasteiger partial charge < -0.3 is 14.7 Å². The monoisotopic (exact) mass is 265 g/mol. The summed E-state index contributed by atoms with van der Waals surface area (Å²) in [6.07, 6.45) is -0.406. The number of amides is 1. The number of carbonyl (C=O) groups is 1.